The molecule has 0 spiro atoms. The van der Waals surface area contributed by atoms with Crippen molar-refractivity contribution in [3.63, 3.8) is 0 Å². The lowest BCUT2D eigenvalue weighted by Crippen LogP contribution is -1.99. The highest BCUT2D eigenvalue weighted by Gasteiger charge is 2.27. The van der Waals surface area contributed by atoms with Crippen molar-refractivity contribution in [3.8, 4) is 45.6 Å². The monoisotopic (exact) mass is 346 g/mol. The summed E-state index contributed by atoms with van der Waals surface area (Å²) in [5.74, 6) is 2.72. The smallest absolute Gasteiger partial charge is 0.231 e. The van der Waals surface area contributed by atoms with Gasteiger partial charge in [-0.15, -0.1) is 0 Å². The summed E-state index contributed by atoms with van der Waals surface area (Å²) < 4.78 is 32.5. The average molecular weight is 346 g/mol. The van der Waals surface area contributed by atoms with Gasteiger partial charge >= 0.3 is 0 Å². The van der Waals surface area contributed by atoms with Crippen LogP contribution in [-0.4, -0.2) is 41.5 Å². The van der Waals surface area contributed by atoms with Crippen LogP contribution in [0.4, 0.5) is 0 Å². The fourth-order valence-electron chi connectivity index (χ4n) is 2.84. The van der Waals surface area contributed by atoms with E-state index in [9.17, 15) is 4.79 Å². The van der Waals surface area contributed by atoms with Gasteiger partial charge in [-0.25, -0.2) is 0 Å². The van der Waals surface area contributed by atoms with Crippen molar-refractivity contribution in [2.24, 2.45) is 0 Å². The first kappa shape index (κ1) is 16.8. The number of aldehydes is 1. The third-order valence-corrected chi connectivity index (χ3v) is 3.93. The molecule has 0 unspecified atom stereocenters. The molecule has 0 radical (unpaired) electrons. The van der Waals surface area contributed by atoms with Gasteiger partial charge in [0, 0.05) is 11.1 Å². The number of hydrogen-bond donors (Lipinski definition) is 0. The Hall–Kier alpha value is -3.09. The first-order chi connectivity index (χ1) is 12.2. The molecule has 1 aliphatic heterocycles. The first-order valence-electron chi connectivity index (χ1n) is 7.44. The number of benzene rings is 2. The highest BCUT2D eigenvalue weighted by atomic mass is 16.7. The van der Waals surface area contributed by atoms with Gasteiger partial charge in [0.2, 0.25) is 18.3 Å². The van der Waals surface area contributed by atoms with Gasteiger partial charge < -0.3 is 28.4 Å². The Morgan fingerprint density at radius 2 is 1.52 bits per heavy atom. The second kappa shape index (κ2) is 6.80. The van der Waals surface area contributed by atoms with E-state index in [0.717, 1.165) is 6.29 Å². The molecular weight excluding hydrogens is 328 g/mol. The summed E-state index contributed by atoms with van der Waals surface area (Å²) in [4.78, 5) is 11.7. The molecule has 0 atom stereocenters. The van der Waals surface area contributed by atoms with E-state index in [1.165, 1.54) is 28.4 Å². The molecular formula is C18H18O7. The predicted octanol–water partition coefficient (Wildman–Crippen LogP) is 2.93. The van der Waals surface area contributed by atoms with Gasteiger partial charge in [-0.3, -0.25) is 4.79 Å². The zero-order valence-electron chi connectivity index (χ0n) is 14.4. The van der Waals surface area contributed by atoms with Gasteiger partial charge in [-0.1, -0.05) is 0 Å². The van der Waals surface area contributed by atoms with Crippen LogP contribution in [0.1, 0.15) is 10.4 Å². The van der Waals surface area contributed by atoms with Crippen molar-refractivity contribution in [2.75, 3.05) is 35.2 Å². The van der Waals surface area contributed by atoms with Crippen LogP contribution in [0, 0.1) is 0 Å². The molecule has 0 N–H and O–H groups in total. The SMILES string of the molecule is COc1cc(-c2c(C=O)cc3c(c2OC)OCO3)cc(OC)c1OC. The Morgan fingerprint density at radius 1 is 0.880 bits per heavy atom. The van der Waals surface area contributed by atoms with E-state index >= 15 is 0 Å². The van der Waals surface area contributed by atoms with Gasteiger partial charge in [-0.2, -0.15) is 0 Å². The van der Waals surface area contributed by atoms with Crippen molar-refractivity contribution in [2.45, 2.75) is 0 Å². The summed E-state index contributed by atoms with van der Waals surface area (Å²) in [6.07, 6.45) is 0.739. The highest BCUT2D eigenvalue weighted by Crippen LogP contribution is 2.51. The second-order valence-electron chi connectivity index (χ2n) is 5.14. The number of ether oxygens (including phenoxy) is 6. The minimum absolute atomic E-state index is 0.0721. The summed E-state index contributed by atoms with van der Waals surface area (Å²) in [6.45, 7) is 0.0721. The molecule has 3 rings (SSSR count). The maximum Gasteiger partial charge on any atom is 0.231 e. The van der Waals surface area contributed by atoms with Crippen LogP contribution in [0.2, 0.25) is 0 Å². The Labute approximate surface area is 145 Å². The molecule has 0 aromatic heterocycles. The van der Waals surface area contributed by atoms with Crippen LogP contribution >= 0.6 is 0 Å². The van der Waals surface area contributed by atoms with Crippen LogP contribution in [0.5, 0.6) is 34.5 Å². The van der Waals surface area contributed by atoms with E-state index in [4.69, 9.17) is 28.4 Å². The maximum atomic E-state index is 11.7. The predicted molar refractivity (Wildman–Crippen MR) is 89.6 cm³/mol. The molecule has 2 aromatic rings. The maximum absolute atomic E-state index is 11.7. The minimum atomic E-state index is 0.0721. The highest BCUT2D eigenvalue weighted by molar-refractivity contribution is 5.94. The first-order valence-corrected chi connectivity index (χ1v) is 7.44. The Morgan fingerprint density at radius 3 is 2.04 bits per heavy atom. The topological polar surface area (TPSA) is 72.5 Å². The minimum Gasteiger partial charge on any atom is -0.493 e. The lowest BCUT2D eigenvalue weighted by Gasteiger charge is -2.17. The van der Waals surface area contributed by atoms with E-state index in [1.807, 2.05) is 0 Å². The molecule has 0 saturated heterocycles. The van der Waals surface area contributed by atoms with E-state index < -0.39 is 0 Å². The molecule has 1 heterocycles. The average Bonchev–Trinajstić information content (AvgIpc) is 3.13. The quantitative estimate of drug-likeness (QED) is 0.745. The lowest BCUT2D eigenvalue weighted by atomic mass is 9.97. The Kier molecular flexibility index (Phi) is 4.56. The number of hydrogen-bond acceptors (Lipinski definition) is 7. The molecule has 2 aromatic carbocycles. The van der Waals surface area contributed by atoms with Gasteiger partial charge in [0.05, 0.1) is 28.4 Å². The normalized spacial score (nSPS) is 11.8. The molecule has 1 aliphatic rings. The van der Waals surface area contributed by atoms with Crippen LogP contribution in [0.3, 0.4) is 0 Å². The van der Waals surface area contributed by atoms with Crippen LogP contribution in [0.25, 0.3) is 11.1 Å². The van der Waals surface area contributed by atoms with Gasteiger partial charge in [0.1, 0.15) is 0 Å². The zero-order chi connectivity index (χ0) is 18.0. The van der Waals surface area contributed by atoms with Crippen molar-refractivity contribution in [1.82, 2.24) is 0 Å². The van der Waals surface area contributed by atoms with Crippen molar-refractivity contribution in [1.29, 1.82) is 0 Å². The summed E-state index contributed by atoms with van der Waals surface area (Å²) in [7, 11) is 6.09. The largest absolute Gasteiger partial charge is 0.493 e. The summed E-state index contributed by atoms with van der Waals surface area (Å²) in [5, 5.41) is 0. The lowest BCUT2D eigenvalue weighted by molar-refractivity contribution is 0.112. The van der Waals surface area contributed by atoms with Crippen LogP contribution in [-0.2, 0) is 0 Å². The van der Waals surface area contributed by atoms with Crippen molar-refractivity contribution >= 4 is 6.29 Å². The number of methoxy groups -OCH3 is 4. The second-order valence-corrected chi connectivity index (χ2v) is 5.14. The Bertz CT molecular complexity index is 789. The van der Waals surface area contributed by atoms with Crippen molar-refractivity contribution in [3.05, 3.63) is 23.8 Å². The number of carbonyl (C=O) groups excluding carboxylic acids is 1. The van der Waals surface area contributed by atoms with Gasteiger partial charge in [0.25, 0.3) is 0 Å². The number of rotatable bonds is 6. The van der Waals surface area contributed by atoms with Crippen LogP contribution in [0.15, 0.2) is 18.2 Å². The molecule has 0 fully saturated rings. The zero-order valence-corrected chi connectivity index (χ0v) is 14.4. The molecule has 0 bridgehead atoms. The molecule has 0 saturated carbocycles. The molecule has 25 heavy (non-hydrogen) atoms. The fourth-order valence-corrected chi connectivity index (χ4v) is 2.84. The standard InChI is InChI=1S/C18H18O7/c1-20-12-5-10(6-13(21-2)16(12)22-3)15-11(8-19)7-14-17(18(15)23-4)25-9-24-14/h5-8H,9H2,1-4H3. The summed E-state index contributed by atoms with van der Waals surface area (Å²) in [5.41, 5.74) is 1.61. The molecule has 0 aliphatic carbocycles. The molecule has 132 valence electrons. The van der Waals surface area contributed by atoms with E-state index in [2.05, 4.69) is 0 Å². The molecule has 7 nitrogen and oxygen atoms in total. The van der Waals surface area contributed by atoms with Gasteiger partial charge in [-0.05, 0) is 23.8 Å². The summed E-state index contributed by atoms with van der Waals surface area (Å²) >= 11 is 0. The third kappa shape index (κ3) is 2.67. The number of carbonyl (C=O) groups is 1. The fraction of sp³-hybridized carbons (Fsp3) is 0.278. The number of fused-ring (bicyclic) bond motifs is 1. The van der Waals surface area contributed by atoms with Crippen molar-refractivity contribution < 1.29 is 33.2 Å². The van der Waals surface area contributed by atoms with E-state index in [-0.39, 0.29) is 6.79 Å². The molecule has 7 heteroatoms. The third-order valence-electron chi connectivity index (χ3n) is 3.93. The van der Waals surface area contributed by atoms with E-state index in [1.54, 1.807) is 18.2 Å². The summed E-state index contributed by atoms with van der Waals surface area (Å²) in [6, 6.07) is 5.11. The Balaban J connectivity index is 2.31. The molecule has 0 amide bonds. The van der Waals surface area contributed by atoms with E-state index in [0.29, 0.717) is 51.2 Å². The van der Waals surface area contributed by atoms with Gasteiger partial charge in [0.15, 0.2) is 29.3 Å². The van der Waals surface area contributed by atoms with Crippen LogP contribution < -0.4 is 28.4 Å².